The fourth-order valence-electron chi connectivity index (χ4n) is 1.66. The van der Waals surface area contributed by atoms with Crippen LogP contribution in [0, 0.1) is 0 Å². The maximum Gasteiger partial charge on any atom is 0.180 e. The third kappa shape index (κ3) is 3.28. The van der Waals surface area contributed by atoms with Crippen molar-refractivity contribution in [3.05, 3.63) is 0 Å². The van der Waals surface area contributed by atoms with Crippen molar-refractivity contribution in [3.8, 4) is 0 Å². The van der Waals surface area contributed by atoms with Crippen LogP contribution in [0.3, 0.4) is 0 Å². The Bertz CT molecular complexity index is 248. The summed E-state index contributed by atoms with van der Waals surface area (Å²) in [5.41, 5.74) is -0.371. The summed E-state index contributed by atoms with van der Waals surface area (Å²) in [7, 11) is 0. The fraction of sp³-hybridized carbons (Fsp3) is 0.900. The van der Waals surface area contributed by atoms with Gasteiger partial charge in [-0.3, -0.25) is 0 Å². The molecule has 0 atom stereocenters. The topological polar surface area (TPSA) is 37.1 Å². The summed E-state index contributed by atoms with van der Waals surface area (Å²) in [5.74, 6) is 0. The van der Waals surface area contributed by atoms with E-state index in [4.69, 9.17) is 0 Å². The van der Waals surface area contributed by atoms with Crippen LogP contribution in [-0.2, 0) is 0 Å². The van der Waals surface area contributed by atoms with Crippen molar-refractivity contribution in [3.63, 3.8) is 0 Å². The summed E-state index contributed by atoms with van der Waals surface area (Å²) in [6.45, 7) is 4.03. The summed E-state index contributed by atoms with van der Waals surface area (Å²) in [5, 5.41) is 11.0. The zero-order chi connectivity index (χ0) is 10.4. The van der Waals surface area contributed by atoms with E-state index in [-0.39, 0.29) is 11.7 Å². The molecule has 1 aliphatic rings. The van der Waals surface area contributed by atoms with E-state index in [1.165, 1.54) is 6.42 Å². The fourth-order valence-corrected chi connectivity index (χ4v) is 1.83. The zero-order valence-corrected chi connectivity index (χ0v) is 9.68. The van der Waals surface area contributed by atoms with Gasteiger partial charge in [-0.05, 0) is 51.7 Å². The van der Waals surface area contributed by atoms with E-state index < -0.39 is 0 Å². The van der Waals surface area contributed by atoms with Gasteiger partial charge in [0.2, 0.25) is 0 Å². The molecule has 0 aromatic carbocycles. The number of aliphatic imine (C=N–C) groups is 1. The largest absolute Gasteiger partial charge is 0.200 e. The third-order valence-electron chi connectivity index (χ3n) is 2.38. The second kappa shape index (κ2) is 5.32. The van der Waals surface area contributed by atoms with Crippen LogP contribution >= 0.6 is 12.2 Å². The monoisotopic (exact) mass is 211 g/mol. The molecule has 1 saturated carbocycles. The van der Waals surface area contributed by atoms with Crippen molar-refractivity contribution < 1.29 is 0 Å². The first-order valence-electron chi connectivity index (χ1n) is 5.19. The minimum atomic E-state index is -0.371. The molecule has 1 fully saturated rings. The van der Waals surface area contributed by atoms with Gasteiger partial charge in [0.15, 0.2) is 5.66 Å². The quantitative estimate of drug-likeness (QED) is 0.399. The van der Waals surface area contributed by atoms with Gasteiger partial charge in [0.25, 0.3) is 0 Å². The molecule has 0 amide bonds. The number of nitrogens with zero attached hydrogens (tertiary/aromatic N) is 3. The lowest BCUT2D eigenvalue weighted by Crippen LogP contribution is -2.26. The highest BCUT2D eigenvalue weighted by Gasteiger charge is 2.31. The number of azo groups is 1. The van der Waals surface area contributed by atoms with E-state index in [2.05, 4.69) is 32.6 Å². The molecule has 14 heavy (non-hydrogen) atoms. The highest BCUT2D eigenvalue weighted by molar-refractivity contribution is 7.78. The molecular formula is C10H17N3S. The van der Waals surface area contributed by atoms with Crippen LogP contribution in [-0.4, -0.2) is 16.9 Å². The Morgan fingerprint density at radius 1 is 1.21 bits per heavy atom. The van der Waals surface area contributed by atoms with Gasteiger partial charge in [0.1, 0.15) is 0 Å². The number of hydrogen-bond acceptors (Lipinski definition) is 4. The minimum Gasteiger partial charge on any atom is -0.200 e. The molecule has 78 valence electrons. The van der Waals surface area contributed by atoms with Crippen LogP contribution in [0.4, 0.5) is 0 Å². The van der Waals surface area contributed by atoms with Gasteiger partial charge in [0, 0.05) is 0 Å². The predicted octanol–water partition coefficient (Wildman–Crippen LogP) is 3.61. The second-order valence-corrected chi connectivity index (χ2v) is 4.24. The van der Waals surface area contributed by atoms with Gasteiger partial charge >= 0.3 is 0 Å². The average Bonchev–Trinajstić information content (AvgIpc) is 2.17. The van der Waals surface area contributed by atoms with Crippen LogP contribution in [0.15, 0.2) is 15.2 Å². The Labute approximate surface area is 90.7 Å². The number of thiocarbonyl (C=S) groups is 1. The smallest absolute Gasteiger partial charge is 0.180 e. The molecule has 0 radical (unpaired) electrons. The lowest BCUT2D eigenvalue weighted by Gasteiger charge is -2.27. The number of rotatable bonds is 3. The first kappa shape index (κ1) is 11.5. The Hall–Kier alpha value is -0.600. The number of hydrogen-bond donors (Lipinski definition) is 0. The lowest BCUT2D eigenvalue weighted by molar-refractivity contribution is 0.295. The van der Waals surface area contributed by atoms with Gasteiger partial charge in [-0.2, -0.15) is 15.2 Å². The Balaban J connectivity index is 2.74. The standard InChI is InChI=1S/C10H17N3S/c1-9(2)12-13-10(11-8-14)6-4-3-5-7-10/h9H,3-7H2,1-2H3. The van der Waals surface area contributed by atoms with E-state index in [1.54, 1.807) is 0 Å². The molecule has 3 nitrogen and oxygen atoms in total. The molecule has 0 bridgehead atoms. The first-order valence-corrected chi connectivity index (χ1v) is 5.60. The SMILES string of the molecule is CC(C)N=NC1(N=C=S)CCCCC1. The summed E-state index contributed by atoms with van der Waals surface area (Å²) in [6.07, 6.45) is 5.53. The Morgan fingerprint density at radius 3 is 2.36 bits per heavy atom. The van der Waals surface area contributed by atoms with Gasteiger partial charge in [0.05, 0.1) is 11.2 Å². The second-order valence-electron chi connectivity index (χ2n) is 4.06. The maximum absolute atomic E-state index is 4.67. The summed E-state index contributed by atoms with van der Waals surface area (Å²) in [4.78, 5) is 4.19. The van der Waals surface area contributed by atoms with Crippen molar-refractivity contribution >= 4 is 17.4 Å². The molecule has 0 saturated heterocycles. The minimum absolute atomic E-state index is 0.231. The zero-order valence-electron chi connectivity index (χ0n) is 8.86. The van der Waals surface area contributed by atoms with Gasteiger partial charge in [-0.15, -0.1) is 0 Å². The molecule has 4 heteroatoms. The summed E-state index contributed by atoms with van der Waals surface area (Å²) in [6, 6.07) is 0.231. The van der Waals surface area contributed by atoms with E-state index in [9.17, 15) is 0 Å². The van der Waals surface area contributed by atoms with Crippen LogP contribution in [0.2, 0.25) is 0 Å². The molecule has 1 rings (SSSR count). The van der Waals surface area contributed by atoms with Crippen LogP contribution < -0.4 is 0 Å². The molecule has 0 N–H and O–H groups in total. The van der Waals surface area contributed by atoms with E-state index in [1.807, 2.05) is 13.8 Å². The van der Waals surface area contributed by atoms with Gasteiger partial charge in [-0.1, -0.05) is 6.42 Å². The van der Waals surface area contributed by atoms with E-state index in [0.717, 1.165) is 25.7 Å². The van der Waals surface area contributed by atoms with Crippen molar-refractivity contribution in [1.29, 1.82) is 0 Å². The Kier molecular flexibility index (Phi) is 4.36. The molecule has 0 aliphatic heterocycles. The lowest BCUT2D eigenvalue weighted by atomic mass is 9.90. The summed E-state index contributed by atoms with van der Waals surface area (Å²) < 4.78 is 0. The van der Waals surface area contributed by atoms with Crippen molar-refractivity contribution in [2.24, 2.45) is 15.2 Å². The maximum atomic E-state index is 4.67. The molecular weight excluding hydrogens is 194 g/mol. The van der Waals surface area contributed by atoms with Crippen LogP contribution in [0.1, 0.15) is 46.0 Å². The van der Waals surface area contributed by atoms with Gasteiger partial charge < -0.3 is 0 Å². The molecule has 0 spiro atoms. The van der Waals surface area contributed by atoms with E-state index in [0.29, 0.717) is 0 Å². The predicted molar refractivity (Wildman–Crippen MR) is 60.8 cm³/mol. The molecule has 0 aromatic rings. The molecule has 1 aliphatic carbocycles. The first-order chi connectivity index (χ1) is 6.68. The third-order valence-corrected chi connectivity index (χ3v) is 2.47. The highest BCUT2D eigenvalue weighted by atomic mass is 32.1. The number of isothiocyanates is 1. The average molecular weight is 211 g/mol. The summed E-state index contributed by atoms with van der Waals surface area (Å²) >= 11 is 4.67. The van der Waals surface area contributed by atoms with E-state index >= 15 is 0 Å². The Morgan fingerprint density at radius 2 is 1.86 bits per heavy atom. The van der Waals surface area contributed by atoms with Crippen molar-refractivity contribution in [2.75, 3.05) is 0 Å². The van der Waals surface area contributed by atoms with Crippen molar-refractivity contribution in [2.45, 2.75) is 57.7 Å². The normalized spacial score (nSPS) is 21.1. The molecule has 0 heterocycles. The van der Waals surface area contributed by atoms with Crippen LogP contribution in [0.25, 0.3) is 0 Å². The van der Waals surface area contributed by atoms with Crippen molar-refractivity contribution in [1.82, 2.24) is 0 Å². The molecule has 0 aromatic heterocycles. The molecule has 0 unspecified atom stereocenters. The highest BCUT2D eigenvalue weighted by Crippen LogP contribution is 2.33. The van der Waals surface area contributed by atoms with Crippen LogP contribution in [0.5, 0.6) is 0 Å². The van der Waals surface area contributed by atoms with Gasteiger partial charge in [-0.25, -0.2) is 0 Å².